The zero-order valence-corrected chi connectivity index (χ0v) is 12.4. The number of carbonyl (C=O) groups excluding carboxylic acids is 1. The first-order valence-electron chi connectivity index (χ1n) is 7.53. The third kappa shape index (κ3) is 3.40. The zero-order chi connectivity index (χ0) is 16.4. The second kappa shape index (κ2) is 6.46. The van der Waals surface area contributed by atoms with Crippen LogP contribution in [0, 0.1) is 0 Å². The van der Waals surface area contributed by atoms with Gasteiger partial charge in [0, 0.05) is 23.2 Å². The molecule has 0 heterocycles. The summed E-state index contributed by atoms with van der Waals surface area (Å²) in [6.45, 7) is 0. The highest BCUT2D eigenvalue weighted by Crippen LogP contribution is 2.28. The number of carbonyl (C=O) groups is 1. The number of aliphatic hydroxyl groups excluding tert-OH is 1. The van der Waals surface area contributed by atoms with Gasteiger partial charge in [-0.2, -0.15) is 0 Å². The maximum absolute atomic E-state index is 12.5. The van der Waals surface area contributed by atoms with Crippen LogP contribution in [0.3, 0.4) is 0 Å². The van der Waals surface area contributed by atoms with E-state index in [1.54, 1.807) is 6.07 Å². The predicted molar refractivity (Wildman–Crippen MR) is 83.8 cm³/mol. The largest absolute Gasteiger partial charge is 0.393 e. The lowest BCUT2D eigenvalue weighted by Crippen LogP contribution is -2.21. The van der Waals surface area contributed by atoms with Gasteiger partial charge in [-0.05, 0) is 42.2 Å². The number of hydrogen-bond donors (Lipinski definition) is 2. The molecule has 2 aromatic rings. The molecule has 2 aromatic carbocycles. The van der Waals surface area contributed by atoms with Gasteiger partial charge >= 0.3 is 0 Å². The highest BCUT2D eigenvalue weighted by Gasteiger charge is 2.20. The Bertz CT molecular complexity index is 713. The molecule has 0 saturated heterocycles. The van der Waals surface area contributed by atoms with Crippen LogP contribution in [-0.2, 0) is 12.8 Å². The van der Waals surface area contributed by atoms with Crippen molar-refractivity contribution in [2.45, 2.75) is 31.8 Å². The monoisotopic (exact) mass is 317 g/mol. The van der Waals surface area contributed by atoms with Crippen molar-refractivity contribution < 1.29 is 18.7 Å². The molecule has 0 aliphatic heterocycles. The number of hydrogen-bond acceptors (Lipinski definition) is 2. The standard InChI is InChI=1S/C18H17F2NO2/c19-17(20)12-4-6-13(7-5-12)18(23)21-16-3-1-2-11-8-9-14(22)10-15(11)16/h1-7,14,17,22H,8-10H2,(H,21,23). The van der Waals surface area contributed by atoms with Crippen LogP contribution >= 0.6 is 0 Å². The lowest BCUT2D eigenvalue weighted by molar-refractivity contribution is 0.102. The average molecular weight is 317 g/mol. The summed E-state index contributed by atoms with van der Waals surface area (Å²) in [4.78, 5) is 12.3. The normalized spacial score (nSPS) is 17.0. The molecule has 0 spiro atoms. The number of alkyl halides is 2. The van der Waals surface area contributed by atoms with Crippen molar-refractivity contribution in [3.05, 3.63) is 64.7 Å². The molecule has 3 rings (SSSR count). The number of rotatable bonds is 3. The maximum Gasteiger partial charge on any atom is 0.263 e. The van der Waals surface area contributed by atoms with Crippen molar-refractivity contribution in [3.8, 4) is 0 Å². The van der Waals surface area contributed by atoms with Crippen LogP contribution in [0.2, 0.25) is 0 Å². The number of fused-ring (bicyclic) bond motifs is 1. The highest BCUT2D eigenvalue weighted by atomic mass is 19.3. The molecule has 1 aliphatic rings. The van der Waals surface area contributed by atoms with E-state index in [2.05, 4.69) is 5.32 Å². The Morgan fingerprint density at radius 1 is 1.17 bits per heavy atom. The highest BCUT2D eigenvalue weighted by molar-refractivity contribution is 6.04. The fourth-order valence-electron chi connectivity index (χ4n) is 2.86. The molecule has 0 bridgehead atoms. The van der Waals surface area contributed by atoms with E-state index in [1.165, 1.54) is 24.3 Å². The molecule has 2 N–H and O–H groups in total. The molecule has 23 heavy (non-hydrogen) atoms. The number of aliphatic hydroxyl groups is 1. The van der Waals surface area contributed by atoms with E-state index in [9.17, 15) is 18.7 Å². The molecule has 3 nitrogen and oxygen atoms in total. The van der Waals surface area contributed by atoms with Crippen molar-refractivity contribution in [1.29, 1.82) is 0 Å². The van der Waals surface area contributed by atoms with Gasteiger partial charge in [-0.25, -0.2) is 8.78 Å². The first-order chi connectivity index (χ1) is 11.0. The van der Waals surface area contributed by atoms with Crippen molar-refractivity contribution in [2.75, 3.05) is 5.32 Å². The zero-order valence-electron chi connectivity index (χ0n) is 12.4. The molecule has 0 saturated carbocycles. The molecule has 1 amide bonds. The first kappa shape index (κ1) is 15.6. The Labute approximate surface area is 133 Å². The number of nitrogens with one attached hydrogen (secondary N) is 1. The van der Waals surface area contributed by atoms with Crippen molar-refractivity contribution in [2.24, 2.45) is 0 Å². The lowest BCUT2D eigenvalue weighted by Gasteiger charge is -2.23. The molecule has 1 atom stereocenters. The fraction of sp³-hybridized carbons (Fsp3) is 0.278. The topological polar surface area (TPSA) is 49.3 Å². The van der Waals surface area contributed by atoms with Gasteiger partial charge in [0.15, 0.2) is 0 Å². The van der Waals surface area contributed by atoms with E-state index in [0.717, 1.165) is 24.0 Å². The molecular weight excluding hydrogens is 300 g/mol. The Kier molecular flexibility index (Phi) is 4.39. The molecule has 0 radical (unpaired) electrons. The molecule has 120 valence electrons. The lowest BCUT2D eigenvalue weighted by atomic mass is 9.88. The molecular formula is C18H17F2NO2. The van der Waals surface area contributed by atoms with Gasteiger partial charge in [0.05, 0.1) is 6.10 Å². The van der Waals surface area contributed by atoms with Gasteiger partial charge in [0.25, 0.3) is 12.3 Å². The molecule has 1 aliphatic carbocycles. The van der Waals surface area contributed by atoms with Gasteiger partial charge in [0.2, 0.25) is 0 Å². The fourth-order valence-corrected chi connectivity index (χ4v) is 2.86. The maximum atomic E-state index is 12.5. The van der Waals surface area contributed by atoms with Crippen molar-refractivity contribution in [1.82, 2.24) is 0 Å². The minimum Gasteiger partial charge on any atom is -0.393 e. The van der Waals surface area contributed by atoms with Crippen LogP contribution < -0.4 is 5.32 Å². The van der Waals surface area contributed by atoms with E-state index in [0.29, 0.717) is 17.7 Å². The summed E-state index contributed by atoms with van der Waals surface area (Å²) in [6, 6.07) is 10.9. The summed E-state index contributed by atoms with van der Waals surface area (Å²) in [5.41, 5.74) is 2.96. The van der Waals surface area contributed by atoms with Crippen LogP contribution in [0.5, 0.6) is 0 Å². The summed E-state index contributed by atoms with van der Waals surface area (Å²) in [5.74, 6) is -0.348. The quantitative estimate of drug-likeness (QED) is 0.906. The number of aryl methyl sites for hydroxylation is 1. The average Bonchev–Trinajstić information content (AvgIpc) is 2.55. The second-order valence-electron chi connectivity index (χ2n) is 5.72. The Morgan fingerprint density at radius 3 is 2.61 bits per heavy atom. The number of anilines is 1. The summed E-state index contributed by atoms with van der Waals surface area (Å²) >= 11 is 0. The van der Waals surface area contributed by atoms with Gasteiger partial charge in [-0.1, -0.05) is 24.3 Å². The van der Waals surface area contributed by atoms with Crippen LogP contribution in [-0.4, -0.2) is 17.1 Å². The second-order valence-corrected chi connectivity index (χ2v) is 5.72. The van der Waals surface area contributed by atoms with Crippen molar-refractivity contribution >= 4 is 11.6 Å². The van der Waals surface area contributed by atoms with Gasteiger partial charge < -0.3 is 10.4 Å². The summed E-state index contributed by atoms with van der Waals surface area (Å²) in [7, 11) is 0. The van der Waals surface area contributed by atoms with E-state index in [-0.39, 0.29) is 11.5 Å². The van der Waals surface area contributed by atoms with Gasteiger partial charge in [-0.3, -0.25) is 4.79 Å². The van der Waals surface area contributed by atoms with Gasteiger partial charge in [-0.15, -0.1) is 0 Å². The Balaban J connectivity index is 1.80. The number of benzene rings is 2. The predicted octanol–water partition coefficient (Wildman–Crippen LogP) is 3.73. The Hall–Kier alpha value is -2.27. The first-order valence-corrected chi connectivity index (χ1v) is 7.53. The van der Waals surface area contributed by atoms with Gasteiger partial charge in [0.1, 0.15) is 0 Å². The van der Waals surface area contributed by atoms with E-state index in [4.69, 9.17) is 0 Å². The van der Waals surface area contributed by atoms with Crippen LogP contribution in [0.15, 0.2) is 42.5 Å². The number of amides is 1. The van der Waals surface area contributed by atoms with Crippen LogP contribution in [0.1, 0.15) is 39.9 Å². The molecule has 0 fully saturated rings. The van der Waals surface area contributed by atoms with Crippen LogP contribution in [0.25, 0.3) is 0 Å². The summed E-state index contributed by atoms with van der Waals surface area (Å²) < 4.78 is 25.1. The van der Waals surface area contributed by atoms with Crippen molar-refractivity contribution in [3.63, 3.8) is 0 Å². The molecule has 5 heteroatoms. The van der Waals surface area contributed by atoms with E-state index < -0.39 is 12.5 Å². The minimum atomic E-state index is -2.55. The summed E-state index contributed by atoms with van der Waals surface area (Å²) in [5, 5.41) is 12.6. The van der Waals surface area contributed by atoms with Crippen LogP contribution in [0.4, 0.5) is 14.5 Å². The third-order valence-electron chi connectivity index (χ3n) is 4.13. The molecule has 0 aromatic heterocycles. The third-order valence-corrected chi connectivity index (χ3v) is 4.13. The molecule has 1 unspecified atom stereocenters. The van der Waals surface area contributed by atoms with E-state index in [1.807, 2.05) is 12.1 Å². The Morgan fingerprint density at radius 2 is 1.91 bits per heavy atom. The summed E-state index contributed by atoms with van der Waals surface area (Å²) in [6.07, 6.45) is -0.931. The SMILES string of the molecule is O=C(Nc1cccc2c1CC(O)CC2)c1ccc(C(F)F)cc1. The smallest absolute Gasteiger partial charge is 0.263 e. The van der Waals surface area contributed by atoms with E-state index >= 15 is 0 Å². The number of halogens is 2. The minimum absolute atomic E-state index is 0.109.